The number of hydrogen-bond acceptors (Lipinski definition) is 4. The molecule has 3 atom stereocenters. The summed E-state index contributed by atoms with van der Waals surface area (Å²) in [5.41, 5.74) is 0.810. The lowest BCUT2D eigenvalue weighted by molar-refractivity contribution is 0.391. The normalized spacial score (nSPS) is 27.8. The molecule has 5 nitrogen and oxygen atoms in total. The van der Waals surface area contributed by atoms with Crippen LogP contribution in [0, 0.1) is 11.8 Å². The summed E-state index contributed by atoms with van der Waals surface area (Å²) in [4.78, 5) is 4.39. The first kappa shape index (κ1) is 11.4. The third-order valence-corrected chi connectivity index (χ3v) is 4.29. The number of rotatable bonds is 3. The van der Waals surface area contributed by atoms with Crippen molar-refractivity contribution >= 4 is 11.5 Å². The van der Waals surface area contributed by atoms with Crippen molar-refractivity contribution in [2.75, 3.05) is 5.32 Å². The van der Waals surface area contributed by atoms with Crippen LogP contribution in [0.5, 0.6) is 0 Å². The first-order valence-corrected chi connectivity index (χ1v) is 6.70. The van der Waals surface area contributed by atoms with Crippen LogP contribution in [0.2, 0.25) is 0 Å². The second kappa shape index (κ2) is 4.55. The number of aromatic nitrogens is 4. The molecular weight excluding hydrogens is 226 g/mol. The number of fused-ring (bicyclic) bond motifs is 1. The monoisotopic (exact) mass is 245 g/mol. The molecule has 3 unspecified atom stereocenters. The molecule has 1 aliphatic carbocycles. The summed E-state index contributed by atoms with van der Waals surface area (Å²) in [5.74, 6) is 2.38. The van der Waals surface area contributed by atoms with E-state index in [1.165, 1.54) is 19.3 Å². The van der Waals surface area contributed by atoms with Crippen LogP contribution in [0.3, 0.4) is 0 Å². The molecule has 1 aliphatic rings. The minimum Gasteiger partial charge on any atom is -0.364 e. The fourth-order valence-electron chi connectivity index (χ4n) is 3.06. The lowest BCUT2D eigenvalue weighted by Gasteiger charge is -2.21. The van der Waals surface area contributed by atoms with Crippen molar-refractivity contribution in [1.29, 1.82) is 0 Å². The Balaban J connectivity index is 1.83. The van der Waals surface area contributed by atoms with Gasteiger partial charge in [-0.3, -0.25) is 4.40 Å². The fourth-order valence-corrected chi connectivity index (χ4v) is 3.06. The van der Waals surface area contributed by atoms with E-state index in [4.69, 9.17) is 0 Å². The predicted octanol–water partition coefficient (Wildman–Crippen LogP) is 2.36. The molecular formula is C13H19N5. The molecule has 1 saturated carbocycles. The van der Waals surface area contributed by atoms with Crippen LogP contribution in [-0.4, -0.2) is 25.6 Å². The Labute approximate surface area is 107 Å². The Kier molecular flexibility index (Phi) is 2.89. The van der Waals surface area contributed by atoms with E-state index < -0.39 is 0 Å². The average molecular weight is 245 g/mol. The molecule has 0 aromatic carbocycles. The van der Waals surface area contributed by atoms with E-state index in [-0.39, 0.29) is 0 Å². The van der Waals surface area contributed by atoms with Gasteiger partial charge in [-0.25, -0.2) is 4.98 Å². The van der Waals surface area contributed by atoms with Gasteiger partial charge < -0.3 is 5.32 Å². The molecule has 0 aliphatic heterocycles. The second-order valence-electron chi connectivity index (χ2n) is 5.19. The lowest BCUT2D eigenvalue weighted by Crippen LogP contribution is -2.25. The number of nitrogens with one attached hydrogen (secondary N) is 1. The summed E-state index contributed by atoms with van der Waals surface area (Å²) in [6.45, 7) is 4.61. The molecule has 18 heavy (non-hydrogen) atoms. The smallest absolute Gasteiger partial charge is 0.203 e. The minimum absolute atomic E-state index is 0.505. The summed E-state index contributed by atoms with van der Waals surface area (Å²) in [7, 11) is 0. The van der Waals surface area contributed by atoms with Gasteiger partial charge in [0.25, 0.3) is 0 Å². The maximum absolute atomic E-state index is 4.39. The van der Waals surface area contributed by atoms with Crippen LogP contribution in [0.15, 0.2) is 18.7 Å². The quantitative estimate of drug-likeness (QED) is 0.902. The first-order chi connectivity index (χ1) is 8.79. The predicted molar refractivity (Wildman–Crippen MR) is 70.4 cm³/mol. The van der Waals surface area contributed by atoms with Gasteiger partial charge in [-0.15, -0.1) is 10.2 Å². The highest BCUT2D eigenvalue weighted by molar-refractivity contribution is 5.61. The molecule has 5 heteroatoms. The highest BCUT2D eigenvalue weighted by atomic mass is 15.2. The summed E-state index contributed by atoms with van der Waals surface area (Å²) in [5, 5.41) is 11.6. The van der Waals surface area contributed by atoms with Gasteiger partial charge in [0.2, 0.25) is 5.65 Å². The van der Waals surface area contributed by atoms with Crippen molar-refractivity contribution in [3.8, 4) is 0 Å². The van der Waals surface area contributed by atoms with Gasteiger partial charge in [-0.1, -0.05) is 20.3 Å². The average Bonchev–Trinajstić information content (AvgIpc) is 2.98. The van der Waals surface area contributed by atoms with Crippen LogP contribution in [-0.2, 0) is 0 Å². The molecule has 0 radical (unpaired) electrons. The molecule has 0 spiro atoms. The SMILES string of the molecule is CCC1CCC(Nc2nccn3cnnc23)C1C. The second-order valence-corrected chi connectivity index (χ2v) is 5.19. The third-order valence-electron chi connectivity index (χ3n) is 4.29. The van der Waals surface area contributed by atoms with Gasteiger partial charge in [0.1, 0.15) is 6.33 Å². The Bertz CT molecular complexity index is 535. The van der Waals surface area contributed by atoms with Crippen molar-refractivity contribution in [2.45, 2.75) is 39.2 Å². The van der Waals surface area contributed by atoms with Gasteiger partial charge in [-0.05, 0) is 24.7 Å². The summed E-state index contributed by atoms with van der Waals surface area (Å²) in [6, 6.07) is 0.505. The molecule has 0 bridgehead atoms. The highest BCUT2D eigenvalue weighted by Gasteiger charge is 2.31. The largest absolute Gasteiger partial charge is 0.364 e. The van der Waals surface area contributed by atoms with E-state index in [0.29, 0.717) is 12.0 Å². The molecule has 1 fully saturated rings. The fraction of sp³-hybridized carbons (Fsp3) is 0.615. The lowest BCUT2D eigenvalue weighted by atomic mass is 9.93. The zero-order valence-electron chi connectivity index (χ0n) is 10.9. The van der Waals surface area contributed by atoms with Gasteiger partial charge in [0, 0.05) is 18.4 Å². The van der Waals surface area contributed by atoms with E-state index in [1.54, 1.807) is 12.5 Å². The van der Waals surface area contributed by atoms with E-state index in [1.807, 2.05) is 10.6 Å². The van der Waals surface area contributed by atoms with Crippen LogP contribution >= 0.6 is 0 Å². The van der Waals surface area contributed by atoms with E-state index in [9.17, 15) is 0 Å². The van der Waals surface area contributed by atoms with Crippen LogP contribution < -0.4 is 5.32 Å². The topological polar surface area (TPSA) is 55.1 Å². The van der Waals surface area contributed by atoms with E-state index in [0.717, 1.165) is 17.4 Å². The van der Waals surface area contributed by atoms with Gasteiger partial charge in [0.05, 0.1) is 0 Å². The Morgan fingerprint density at radius 3 is 3.11 bits per heavy atom. The third kappa shape index (κ3) is 1.83. The first-order valence-electron chi connectivity index (χ1n) is 6.70. The summed E-state index contributed by atoms with van der Waals surface area (Å²) >= 11 is 0. The zero-order chi connectivity index (χ0) is 12.5. The van der Waals surface area contributed by atoms with Crippen molar-refractivity contribution in [3.63, 3.8) is 0 Å². The number of anilines is 1. The Morgan fingerprint density at radius 1 is 1.44 bits per heavy atom. The molecule has 2 aromatic heterocycles. The number of hydrogen-bond donors (Lipinski definition) is 1. The van der Waals surface area contributed by atoms with Crippen molar-refractivity contribution in [3.05, 3.63) is 18.7 Å². The van der Waals surface area contributed by atoms with Crippen molar-refractivity contribution < 1.29 is 0 Å². The maximum atomic E-state index is 4.39. The van der Waals surface area contributed by atoms with Gasteiger partial charge >= 0.3 is 0 Å². The van der Waals surface area contributed by atoms with E-state index in [2.05, 4.69) is 34.3 Å². The molecule has 0 amide bonds. The molecule has 96 valence electrons. The van der Waals surface area contributed by atoms with E-state index >= 15 is 0 Å². The molecule has 0 saturated heterocycles. The molecule has 1 N–H and O–H groups in total. The molecule has 3 rings (SSSR count). The Hall–Kier alpha value is -1.65. The standard InChI is InChI=1S/C13H19N5/c1-3-10-4-5-11(9(10)2)16-12-13-17-15-8-18(13)7-6-14-12/h6-11H,3-5H2,1-2H3,(H,14,16). The highest BCUT2D eigenvalue weighted by Crippen LogP contribution is 2.35. The minimum atomic E-state index is 0.505. The van der Waals surface area contributed by atoms with Crippen molar-refractivity contribution in [1.82, 2.24) is 19.6 Å². The van der Waals surface area contributed by atoms with Crippen LogP contribution in [0.1, 0.15) is 33.1 Å². The van der Waals surface area contributed by atoms with Crippen LogP contribution in [0.25, 0.3) is 5.65 Å². The van der Waals surface area contributed by atoms with Crippen LogP contribution in [0.4, 0.5) is 5.82 Å². The molecule has 2 aromatic rings. The summed E-state index contributed by atoms with van der Waals surface area (Å²) in [6.07, 6.45) is 9.15. The van der Waals surface area contributed by atoms with Gasteiger partial charge in [0.15, 0.2) is 5.82 Å². The van der Waals surface area contributed by atoms with Crippen molar-refractivity contribution in [2.24, 2.45) is 11.8 Å². The maximum Gasteiger partial charge on any atom is 0.203 e. The molecule has 2 heterocycles. The Morgan fingerprint density at radius 2 is 2.33 bits per heavy atom. The zero-order valence-corrected chi connectivity index (χ0v) is 10.9. The van der Waals surface area contributed by atoms with Gasteiger partial charge in [-0.2, -0.15) is 0 Å². The number of nitrogens with zero attached hydrogens (tertiary/aromatic N) is 4. The summed E-state index contributed by atoms with van der Waals surface area (Å²) < 4.78 is 1.90.